The number of pyridine rings is 1. The summed E-state index contributed by atoms with van der Waals surface area (Å²) in [5.41, 5.74) is 3.62. The van der Waals surface area contributed by atoms with Crippen molar-refractivity contribution in [2.75, 3.05) is 20.6 Å². The van der Waals surface area contributed by atoms with Gasteiger partial charge in [-0.15, -0.1) is 0 Å². The summed E-state index contributed by atoms with van der Waals surface area (Å²) < 4.78 is 0. The zero-order chi connectivity index (χ0) is 14.2. The van der Waals surface area contributed by atoms with Gasteiger partial charge in [0.05, 0.1) is 11.4 Å². The van der Waals surface area contributed by atoms with Gasteiger partial charge in [0.25, 0.3) is 0 Å². The van der Waals surface area contributed by atoms with Crippen LogP contribution in [-0.2, 0) is 19.5 Å². The van der Waals surface area contributed by atoms with Crippen LogP contribution in [0.25, 0.3) is 0 Å². The molecule has 0 unspecified atom stereocenters. The van der Waals surface area contributed by atoms with Crippen LogP contribution in [0.2, 0.25) is 0 Å². The first-order valence-corrected chi connectivity index (χ1v) is 7.10. The predicted octanol–water partition coefficient (Wildman–Crippen LogP) is 2.48. The Morgan fingerprint density at radius 1 is 1.00 bits per heavy atom. The normalized spacial score (nSPS) is 10.9. The van der Waals surface area contributed by atoms with E-state index in [2.05, 4.69) is 70.8 Å². The largest absolute Gasteiger partial charge is 0.314 e. The molecule has 2 rings (SSSR count). The second kappa shape index (κ2) is 7.78. The van der Waals surface area contributed by atoms with Crippen molar-refractivity contribution in [2.24, 2.45) is 0 Å². The lowest BCUT2D eigenvalue weighted by atomic mass is 10.1. The highest BCUT2D eigenvalue weighted by atomic mass is 15.1. The van der Waals surface area contributed by atoms with Crippen LogP contribution in [0.5, 0.6) is 0 Å². The summed E-state index contributed by atoms with van der Waals surface area (Å²) in [4.78, 5) is 6.97. The van der Waals surface area contributed by atoms with Crippen LogP contribution in [-0.4, -0.2) is 30.5 Å². The molecule has 20 heavy (non-hydrogen) atoms. The van der Waals surface area contributed by atoms with E-state index in [1.54, 1.807) is 0 Å². The molecular formula is C17H23N3. The lowest BCUT2D eigenvalue weighted by Crippen LogP contribution is -2.21. The maximum absolute atomic E-state index is 4.65. The van der Waals surface area contributed by atoms with Crippen LogP contribution in [0.4, 0.5) is 0 Å². The van der Waals surface area contributed by atoms with E-state index in [0.717, 1.165) is 37.4 Å². The highest BCUT2D eigenvalue weighted by Gasteiger charge is 2.03. The molecule has 1 aromatic heterocycles. The minimum Gasteiger partial charge on any atom is -0.314 e. The molecule has 0 saturated heterocycles. The van der Waals surface area contributed by atoms with Crippen LogP contribution >= 0.6 is 0 Å². The van der Waals surface area contributed by atoms with Crippen molar-refractivity contribution in [3.63, 3.8) is 0 Å². The predicted molar refractivity (Wildman–Crippen MR) is 83.5 cm³/mol. The summed E-state index contributed by atoms with van der Waals surface area (Å²) in [6, 6.07) is 16.8. The molecule has 0 fully saturated rings. The minimum absolute atomic E-state index is 0.821. The summed E-state index contributed by atoms with van der Waals surface area (Å²) in [5.74, 6) is 0. The molecule has 0 amide bonds. The van der Waals surface area contributed by atoms with Gasteiger partial charge >= 0.3 is 0 Å². The highest BCUT2D eigenvalue weighted by Crippen LogP contribution is 2.05. The van der Waals surface area contributed by atoms with Gasteiger partial charge in [-0.1, -0.05) is 36.4 Å². The number of nitrogens with zero attached hydrogens (tertiary/aromatic N) is 2. The van der Waals surface area contributed by atoms with Gasteiger partial charge in [-0.05, 0) is 38.2 Å². The molecule has 0 radical (unpaired) electrons. The second-order valence-electron chi connectivity index (χ2n) is 5.12. The van der Waals surface area contributed by atoms with Crippen LogP contribution in [0.3, 0.4) is 0 Å². The number of hydrogen-bond donors (Lipinski definition) is 1. The van der Waals surface area contributed by atoms with Crippen molar-refractivity contribution in [3.05, 3.63) is 65.5 Å². The molecule has 0 bridgehead atoms. The third kappa shape index (κ3) is 4.76. The van der Waals surface area contributed by atoms with Crippen LogP contribution < -0.4 is 5.32 Å². The van der Waals surface area contributed by atoms with E-state index in [9.17, 15) is 0 Å². The van der Waals surface area contributed by atoms with Gasteiger partial charge in [0.1, 0.15) is 0 Å². The summed E-state index contributed by atoms with van der Waals surface area (Å²) >= 11 is 0. The maximum Gasteiger partial charge on any atom is 0.0547 e. The molecule has 0 aliphatic carbocycles. The molecule has 0 atom stereocenters. The molecule has 0 saturated carbocycles. The van der Waals surface area contributed by atoms with E-state index in [1.807, 2.05) is 7.05 Å². The molecule has 2 aromatic rings. The SMILES string of the molecule is CNCc1cccc(CN(C)CCc2ccccc2)n1. The number of rotatable bonds is 7. The molecule has 0 spiro atoms. The number of benzene rings is 1. The molecule has 0 aliphatic heterocycles. The number of likely N-dealkylation sites (N-methyl/N-ethyl adjacent to an activating group) is 1. The van der Waals surface area contributed by atoms with E-state index in [4.69, 9.17) is 0 Å². The van der Waals surface area contributed by atoms with Crippen molar-refractivity contribution in [1.82, 2.24) is 15.2 Å². The zero-order valence-corrected chi connectivity index (χ0v) is 12.3. The Balaban J connectivity index is 1.84. The maximum atomic E-state index is 4.65. The van der Waals surface area contributed by atoms with Gasteiger partial charge in [0, 0.05) is 19.6 Å². The first kappa shape index (κ1) is 14.7. The van der Waals surface area contributed by atoms with Gasteiger partial charge in [-0.2, -0.15) is 0 Å². The molecule has 1 heterocycles. The fourth-order valence-electron chi connectivity index (χ4n) is 2.22. The Morgan fingerprint density at radius 2 is 1.75 bits per heavy atom. The molecular weight excluding hydrogens is 246 g/mol. The van der Waals surface area contributed by atoms with Crippen LogP contribution in [0, 0.1) is 0 Å². The average molecular weight is 269 g/mol. The Kier molecular flexibility index (Phi) is 5.71. The molecule has 106 valence electrons. The van der Waals surface area contributed by atoms with Gasteiger partial charge in [-0.25, -0.2) is 0 Å². The summed E-state index contributed by atoms with van der Waals surface area (Å²) in [6.07, 6.45) is 1.08. The van der Waals surface area contributed by atoms with Crippen molar-refractivity contribution < 1.29 is 0 Å². The zero-order valence-electron chi connectivity index (χ0n) is 12.3. The first-order chi connectivity index (χ1) is 9.78. The summed E-state index contributed by atoms with van der Waals surface area (Å²) in [5, 5.41) is 3.14. The fraction of sp³-hybridized carbons (Fsp3) is 0.353. The molecule has 3 heteroatoms. The summed E-state index contributed by atoms with van der Waals surface area (Å²) in [6.45, 7) is 2.76. The van der Waals surface area contributed by atoms with Crippen LogP contribution in [0.15, 0.2) is 48.5 Å². The monoisotopic (exact) mass is 269 g/mol. The fourth-order valence-corrected chi connectivity index (χ4v) is 2.22. The highest BCUT2D eigenvalue weighted by molar-refractivity contribution is 5.15. The van der Waals surface area contributed by atoms with Gasteiger partial charge < -0.3 is 10.2 Å². The van der Waals surface area contributed by atoms with Gasteiger partial charge in [-0.3, -0.25) is 4.98 Å². The topological polar surface area (TPSA) is 28.2 Å². The first-order valence-electron chi connectivity index (χ1n) is 7.10. The number of aromatic nitrogens is 1. The summed E-state index contributed by atoms with van der Waals surface area (Å²) in [7, 11) is 4.09. The van der Waals surface area contributed by atoms with Crippen molar-refractivity contribution >= 4 is 0 Å². The van der Waals surface area contributed by atoms with Crippen molar-refractivity contribution in [2.45, 2.75) is 19.5 Å². The second-order valence-corrected chi connectivity index (χ2v) is 5.12. The molecule has 1 aromatic carbocycles. The van der Waals surface area contributed by atoms with Gasteiger partial charge in [0.15, 0.2) is 0 Å². The van der Waals surface area contributed by atoms with E-state index < -0.39 is 0 Å². The third-order valence-corrected chi connectivity index (χ3v) is 3.28. The lowest BCUT2D eigenvalue weighted by Gasteiger charge is -2.16. The van der Waals surface area contributed by atoms with E-state index in [1.165, 1.54) is 5.56 Å². The quantitative estimate of drug-likeness (QED) is 0.837. The molecule has 3 nitrogen and oxygen atoms in total. The Morgan fingerprint density at radius 3 is 2.50 bits per heavy atom. The number of hydrogen-bond acceptors (Lipinski definition) is 3. The number of nitrogens with one attached hydrogen (secondary N) is 1. The molecule has 0 aliphatic rings. The Labute approximate surface area is 121 Å². The average Bonchev–Trinajstić information content (AvgIpc) is 2.47. The third-order valence-electron chi connectivity index (χ3n) is 3.28. The van der Waals surface area contributed by atoms with E-state index in [0.29, 0.717) is 0 Å². The minimum atomic E-state index is 0.821. The van der Waals surface area contributed by atoms with Crippen molar-refractivity contribution in [3.8, 4) is 0 Å². The van der Waals surface area contributed by atoms with E-state index >= 15 is 0 Å². The molecule has 1 N–H and O–H groups in total. The van der Waals surface area contributed by atoms with Crippen molar-refractivity contribution in [1.29, 1.82) is 0 Å². The smallest absolute Gasteiger partial charge is 0.0547 e. The Hall–Kier alpha value is -1.71. The Bertz CT molecular complexity index is 511. The van der Waals surface area contributed by atoms with Gasteiger partial charge in [0.2, 0.25) is 0 Å². The van der Waals surface area contributed by atoms with E-state index in [-0.39, 0.29) is 0 Å². The standard InChI is InChI=1S/C17H23N3/c1-18-13-16-9-6-10-17(19-16)14-20(2)12-11-15-7-4-3-5-8-15/h3-10,18H,11-14H2,1-2H3. The van der Waals surface area contributed by atoms with Crippen LogP contribution in [0.1, 0.15) is 17.0 Å². The lowest BCUT2D eigenvalue weighted by molar-refractivity contribution is 0.327.